The first-order chi connectivity index (χ1) is 7.81. The second-order valence-electron chi connectivity index (χ2n) is 4.30. The van der Waals surface area contributed by atoms with Gasteiger partial charge in [-0.15, -0.1) is 0 Å². The van der Waals surface area contributed by atoms with Crippen LogP contribution >= 0.6 is 0 Å². The normalized spacial score (nSPS) is 13.4. The van der Waals surface area contributed by atoms with Gasteiger partial charge in [0.05, 0.1) is 0 Å². The number of carbonyl (C=O) groups is 2. The van der Waals surface area contributed by atoms with Crippen molar-refractivity contribution in [3.8, 4) is 0 Å². The van der Waals surface area contributed by atoms with Gasteiger partial charge in [0.2, 0.25) is 0 Å². The average Bonchev–Trinajstić information content (AvgIpc) is 2.12. The Hall–Kier alpha value is -1.09. The molecule has 0 heterocycles. The van der Waals surface area contributed by atoms with Crippen LogP contribution in [0.15, 0.2) is 23.5 Å². The summed E-state index contributed by atoms with van der Waals surface area (Å²) in [5, 5.41) is 6.32. The molecule has 0 saturated carbocycles. The van der Waals surface area contributed by atoms with E-state index in [1.54, 1.807) is 12.2 Å². The third-order valence-corrected chi connectivity index (χ3v) is 2.00. The summed E-state index contributed by atoms with van der Waals surface area (Å²) in [5.74, 6) is 0.0612. The fraction of sp³-hybridized carbons (Fsp3) is 0.538. The predicted molar refractivity (Wildman–Crippen MR) is 69.5 cm³/mol. The summed E-state index contributed by atoms with van der Waals surface area (Å²) in [6.07, 6.45) is 3.12. The van der Waals surface area contributed by atoms with Crippen LogP contribution in [-0.4, -0.2) is 24.2 Å². The molecule has 0 aromatic heterocycles. The molecule has 0 radical (unpaired) electrons. The molecular formula is C13H22N2NiO2+2. The van der Waals surface area contributed by atoms with Crippen molar-refractivity contribution in [2.75, 3.05) is 6.54 Å². The minimum absolute atomic E-state index is 0. The number of ketones is 2. The Morgan fingerprint density at radius 2 is 1.44 bits per heavy atom. The molecule has 0 aromatic rings. The SMILES string of the molecule is CC(=O)/C=C(/C)NCC(C)N/C(C)=C\C(C)=O.[Ni+2]. The van der Waals surface area contributed by atoms with Crippen molar-refractivity contribution in [3.63, 3.8) is 0 Å². The summed E-state index contributed by atoms with van der Waals surface area (Å²) in [7, 11) is 0. The fourth-order valence-corrected chi connectivity index (χ4v) is 1.46. The van der Waals surface area contributed by atoms with E-state index in [0.29, 0.717) is 6.54 Å². The van der Waals surface area contributed by atoms with Gasteiger partial charge in [0.1, 0.15) is 0 Å². The smallest absolute Gasteiger partial charge is 0.386 e. The molecule has 18 heavy (non-hydrogen) atoms. The monoisotopic (exact) mass is 296 g/mol. The Labute approximate surface area is 119 Å². The first kappa shape index (κ1) is 19.3. The Bertz CT molecular complexity index is 349. The number of carbonyl (C=O) groups excluding carboxylic acids is 2. The standard InChI is InChI=1S/C13H22N2O2.Ni/c1-9(6-12(4)16)14-8-11(3)15-10(2)7-13(5)17;/h6-7,11,14-15H,8H2,1-5H3;/q;+2/b9-6-,10-7-;. The van der Waals surface area contributed by atoms with E-state index in [1.165, 1.54) is 13.8 Å². The second kappa shape index (κ2) is 9.89. The van der Waals surface area contributed by atoms with Gasteiger partial charge in [0, 0.05) is 24.0 Å². The van der Waals surface area contributed by atoms with Gasteiger partial charge in [0.15, 0.2) is 11.6 Å². The average molecular weight is 297 g/mol. The van der Waals surface area contributed by atoms with Crippen LogP contribution in [0.25, 0.3) is 0 Å². The summed E-state index contributed by atoms with van der Waals surface area (Å²) < 4.78 is 0. The predicted octanol–water partition coefficient (Wildman–Crippen LogP) is 1.54. The molecule has 0 amide bonds. The molecule has 104 valence electrons. The van der Waals surface area contributed by atoms with Crippen LogP contribution in [-0.2, 0) is 26.1 Å². The van der Waals surface area contributed by atoms with E-state index in [4.69, 9.17) is 0 Å². The van der Waals surface area contributed by atoms with Gasteiger partial charge in [-0.2, -0.15) is 0 Å². The van der Waals surface area contributed by atoms with Crippen LogP contribution in [0, 0.1) is 0 Å². The van der Waals surface area contributed by atoms with Gasteiger partial charge in [-0.05, 0) is 46.8 Å². The molecule has 1 atom stereocenters. The summed E-state index contributed by atoms with van der Waals surface area (Å²) in [6.45, 7) is 9.45. The zero-order valence-corrected chi connectivity index (χ0v) is 12.6. The summed E-state index contributed by atoms with van der Waals surface area (Å²) >= 11 is 0. The molecule has 2 N–H and O–H groups in total. The van der Waals surface area contributed by atoms with E-state index in [2.05, 4.69) is 10.6 Å². The quantitative estimate of drug-likeness (QED) is 0.553. The van der Waals surface area contributed by atoms with Gasteiger partial charge in [-0.3, -0.25) is 9.59 Å². The van der Waals surface area contributed by atoms with Crippen molar-refractivity contribution in [2.24, 2.45) is 0 Å². The number of nitrogens with one attached hydrogen (secondary N) is 2. The minimum atomic E-state index is 0. The summed E-state index contributed by atoms with van der Waals surface area (Å²) in [6, 6.07) is 0.181. The molecule has 1 unspecified atom stereocenters. The van der Waals surface area contributed by atoms with Crippen molar-refractivity contribution >= 4 is 11.6 Å². The molecule has 0 spiro atoms. The number of hydrogen-bond acceptors (Lipinski definition) is 4. The Balaban J connectivity index is 0. The molecule has 0 saturated heterocycles. The van der Waals surface area contributed by atoms with Gasteiger partial charge in [-0.25, -0.2) is 0 Å². The molecule has 0 rings (SSSR count). The van der Waals surface area contributed by atoms with Crippen molar-refractivity contribution in [3.05, 3.63) is 23.5 Å². The molecular weight excluding hydrogens is 275 g/mol. The Morgan fingerprint density at radius 1 is 1.00 bits per heavy atom. The second-order valence-corrected chi connectivity index (χ2v) is 4.30. The van der Waals surface area contributed by atoms with Crippen LogP contribution in [0.5, 0.6) is 0 Å². The van der Waals surface area contributed by atoms with Crippen LogP contribution in [0.2, 0.25) is 0 Å². The molecule has 0 aliphatic carbocycles. The molecule has 0 fully saturated rings. The number of hydrogen-bond donors (Lipinski definition) is 2. The zero-order valence-electron chi connectivity index (χ0n) is 11.6. The third kappa shape index (κ3) is 11.4. The van der Waals surface area contributed by atoms with E-state index in [-0.39, 0.29) is 34.1 Å². The summed E-state index contributed by atoms with van der Waals surface area (Å²) in [5.41, 5.74) is 1.69. The number of allylic oxidation sites excluding steroid dienone is 4. The summed E-state index contributed by atoms with van der Waals surface area (Å²) in [4.78, 5) is 21.7. The molecule has 0 aliphatic rings. The van der Waals surface area contributed by atoms with Gasteiger partial charge < -0.3 is 10.6 Å². The molecule has 0 aliphatic heterocycles. The van der Waals surface area contributed by atoms with Crippen molar-refractivity contribution in [1.82, 2.24) is 10.6 Å². The fourth-order valence-electron chi connectivity index (χ4n) is 1.46. The number of rotatable bonds is 7. The molecule has 0 bridgehead atoms. The minimum Gasteiger partial charge on any atom is -0.386 e. The van der Waals surface area contributed by atoms with Crippen LogP contribution in [0.1, 0.15) is 34.6 Å². The van der Waals surface area contributed by atoms with Crippen molar-refractivity contribution in [1.29, 1.82) is 0 Å². The van der Waals surface area contributed by atoms with E-state index in [9.17, 15) is 9.59 Å². The van der Waals surface area contributed by atoms with E-state index in [0.717, 1.165) is 11.4 Å². The Kier molecular flexibility index (Phi) is 10.6. The van der Waals surface area contributed by atoms with Crippen LogP contribution in [0.4, 0.5) is 0 Å². The third-order valence-electron chi connectivity index (χ3n) is 2.00. The van der Waals surface area contributed by atoms with Gasteiger partial charge >= 0.3 is 16.5 Å². The zero-order chi connectivity index (χ0) is 13.4. The van der Waals surface area contributed by atoms with Crippen LogP contribution in [0.3, 0.4) is 0 Å². The maximum atomic E-state index is 10.8. The van der Waals surface area contributed by atoms with E-state index < -0.39 is 0 Å². The van der Waals surface area contributed by atoms with Crippen LogP contribution < -0.4 is 10.6 Å². The first-order valence-electron chi connectivity index (χ1n) is 5.69. The van der Waals surface area contributed by atoms with Gasteiger partial charge in [-0.1, -0.05) is 0 Å². The maximum absolute atomic E-state index is 10.8. The van der Waals surface area contributed by atoms with Gasteiger partial charge in [0.25, 0.3) is 0 Å². The Morgan fingerprint density at radius 3 is 1.89 bits per heavy atom. The molecule has 4 nitrogen and oxygen atoms in total. The first-order valence-corrected chi connectivity index (χ1v) is 5.69. The van der Waals surface area contributed by atoms with E-state index >= 15 is 0 Å². The van der Waals surface area contributed by atoms with E-state index in [1.807, 2.05) is 20.8 Å². The molecule has 5 heteroatoms. The maximum Gasteiger partial charge on any atom is 2.00 e. The van der Waals surface area contributed by atoms with Crippen molar-refractivity contribution < 1.29 is 26.1 Å². The largest absolute Gasteiger partial charge is 2.00 e. The molecule has 0 aromatic carbocycles. The van der Waals surface area contributed by atoms with Crippen molar-refractivity contribution in [2.45, 2.75) is 40.7 Å². The topological polar surface area (TPSA) is 58.2 Å².